The number of fused-ring (bicyclic) bond motifs is 4. The summed E-state index contributed by atoms with van der Waals surface area (Å²) in [7, 11) is 0. The summed E-state index contributed by atoms with van der Waals surface area (Å²) in [5, 5.41) is 15.4. The van der Waals surface area contributed by atoms with Gasteiger partial charge in [-0.15, -0.1) is 0 Å². The van der Waals surface area contributed by atoms with Crippen molar-refractivity contribution in [3.05, 3.63) is 72.3 Å². The molecule has 0 amide bonds. The quantitative estimate of drug-likeness (QED) is 0.316. The van der Waals surface area contributed by atoms with Crippen molar-refractivity contribution in [3.63, 3.8) is 0 Å². The van der Waals surface area contributed by atoms with E-state index in [9.17, 15) is 13.2 Å². The van der Waals surface area contributed by atoms with Gasteiger partial charge in [0.1, 0.15) is 6.61 Å². The molecule has 26 heavy (non-hydrogen) atoms. The van der Waals surface area contributed by atoms with E-state index in [4.69, 9.17) is 5.11 Å². The van der Waals surface area contributed by atoms with Gasteiger partial charge in [0.2, 0.25) is 0 Å². The number of halogens is 3. The highest BCUT2D eigenvalue weighted by Crippen LogP contribution is 2.31. The summed E-state index contributed by atoms with van der Waals surface area (Å²) < 4.78 is 31.6. The van der Waals surface area contributed by atoms with Crippen LogP contribution in [-0.4, -0.2) is 17.9 Å². The van der Waals surface area contributed by atoms with E-state index in [-0.39, 0.29) is 0 Å². The van der Waals surface area contributed by atoms with Crippen molar-refractivity contribution in [3.8, 4) is 0 Å². The molecule has 4 aromatic rings. The van der Waals surface area contributed by atoms with Crippen LogP contribution in [0, 0.1) is 0 Å². The first kappa shape index (κ1) is 18.2. The molecule has 1 N–H and O–H groups in total. The van der Waals surface area contributed by atoms with Gasteiger partial charge in [-0.25, -0.2) is 0 Å². The molecule has 0 saturated heterocycles. The summed E-state index contributed by atoms with van der Waals surface area (Å²) in [6.45, 7) is 0.502. The van der Waals surface area contributed by atoms with Crippen molar-refractivity contribution in [2.75, 3.05) is 6.61 Å². The molecule has 0 aliphatic carbocycles. The maximum Gasteiger partial charge on any atom is 0.411 e. The normalized spacial score (nSPS) is 11.6. The lowest BCUT2D eigenvalue weighted by Crippen LogP contribution is -2.12. The SMILES string of the molecule is CCc1cccc2ccc3cc4ccccc4cc3c12.OCC(F)(F)F. The van der Waals surface area contributed by atoms with Crippen LogP contribution in [0.3, 0.4) is 0 Å². The van der Waals surface area contributed by atoms with Gasteiger partial charge in [-0.1, -0.05) is 61.5 Å². The van der Waals surface area contributed by atoms with E-state index in [2.05, 4.69) is 73.7 Å². The molecule has 4 rings (SSSR count). The highest BCUT2D eigenvalue weighted by atomic mass is 19.4. The minimum absolute atomic E-state index is 1.07. The van der Waals surface area contributed by atoms with E-state index in [0.29, 0.717) is 0 Å². The minimum Gasteiger partial charge on any atom is -0.387 e. The number of aliphatic hydroxyl groups excluding tert-OH is 1. The molecule has 0 heterocycles. The Morgan fingerprint density at radius 3 is 1.96 bits per heavy atom. The Kier molecular flexibility index (Phi) is 5.14. The second-order valence-corrected chi connectivity index (χ2v) is 6.13. The molecule has 1 nitrogen and oxygen atoms in total. The monoisotopic (exact) mass is 356 g/mol. The summed E-state index contributed by atoms with van der Waals surface area (Å²) in [5.74, 6) is 0. The molecule has 4 heteroatoms. The van der Waals surface area contributed by atoms with Gasteiger partial charge in [0.25, 0.3) is 0 Å². The maximum atomic E-state index is 10.5. The van der Waals surface area contributed by atoms with E-state index in [0.717, 1.165) is 6.42 Å². The Morgan fingerprint density at radius 2 is 1.35 bits per heavy atom. The van der Waals surface area contributed by atoms with Crippen LogP contribution in [0.5, 0.6) is 0 Å². The molecule has 0 unspecified atom stereocenters. The number of aryl methyl sites for hydroxylation is 1. The molecule has 0 radical (unpaired) electrons. The summed E-state index contributed by atoms with van der Waals surface area (Å²) in [4.78, 5) is 0. The first-order valence-electron chi connectivity index (χ1n) is 8.43. The van der Waals surface area contributed by atoms with Crippen LogP contribution >= 0.6 is 0 Å². The standard InChI is InChI=1S/C20H16.C2H3F3O/c1-2-14-8-5-9-15-10-11-18-12-16-6-3-4-7-17(16)13-19(18)20(14)15;3-2(4,5)1-6/h3-13H,2H2,1H3;6H,1H2. The van der Waals surface area contributed by atoms with Crippen LogP contribution in [0.4, 0.5) is 13.2 Å². The molecule has 0 atom stereocenters. The Hall–Kier alpha value is -2.59. The topological polar surface area (TPSA) is 20.2 Å². The lowest BCUT2D eigenvalue weighted by atomic mass is 9.94. The van der Waals surface area contributed by atoms with Crippen molar-refractivity contribution in [2.24, 2.45) is 0 Å². The summed E-state index contributed by atoms with van der Waals surface area (Å²) in [5.41, 5.74) is 1.43. The summed E-state index contributed by atoms with van der Waals surface area (Å²) >= 11 is 0. The zero-order chi connectivity index (χ0) is 18.7. The number of hydrogen-bond donors (Lipinski definition) is 1. The fourth-order valence-electron chi connectivity index (χ4n) is 3.17. The Bertz CT molecular complexity index is 1050. The molecular formula is C22H19F3O. The van der Waals surface area contributed by atoms with Gasteiger partial charge >= 0.3 is 6.18 Å². The third-order valence-corrected chi connectivity index (χ3v) is 4.37. The fraction of sp³-hybridized carbons (Fsp3) is 0.182. The zero-order valence-electron chi connectivity index (χ0n) is 14.3. The molecule has 0 aliphatic heterocycles. The van der Waals surface area contributed by atoms with E-state index in [1.807, 2.05) is 0 Å². The van der Waals surface area contributed by atoms with Crippen molar-refractivity contribution in [1.29, 1.82) is 0 Å². The van der Waals surface area contributed by atoms with Crippen molar-refractivity contribution in [1.82, 2.24) is 0 Å². The van der Waals surface area contributed by atoms with Crippen molar-refractivity contribution >= 4 is 32.3 Å². The van der Waals surface area contributed by atoms with E-state index in [1.54, 1.807) is 0 Å². The molecular weight excluding hydrogens is 337 g/mol. The Morgan fingerprint density at radius 1 is 0.769 bits per heavy atom. The number of benzene rings is 4. The second-order valence-electron chi connectivity index (χ2n) is 6.13. The number of hydrogen-bond acceptors (Lipinski definition) is 1. The van der Waals surface area contributed by atoms with Crippen LogP contribution in [0.15, 0.2) is 66.7 Å². The van der Waals surface area contributed by atoms with E-state index in [1.165, 1.54) is 37.9 Å². The predicted octanol–water partition coefficient (Wildman–Crippen LogP) is 6.25. The first-order chi connectivity index (χ1) is 12.4. The third kappa shape index (κ3) is 3.81. The van der Waals surface area contributed by atoms with Gasteiger partial charge in [-0.3, -0.25) is 0 Å². The van der Waals surface area contributed by atoms with Crippen molar-refractivity contribution < 1.29 is 18.3 Å². The van der Waals surface area contributed by atoms with Gasteiger partial charge in [0.15, 0.2) is 0 Å². The Labute approximate surface area is 149 Å². The Balaban J connectivity index is 0.000000286. The zero-order valence-corrected chi connectivity index (χ0v) is 14.3. The van der Waals surface area contributed by atoms with Crippen LogP contribution in [0.1, 0.15) is 12.5 Å². The van der Waals surface area contributed by atoms with E-state index >= 15 is 0 Å². The van der Waals surface area contributed by atoms with Gasteiger partial charge in [-0.2, -0.15) is 13.2 Å². The molecule has 0 bridgehead atoms. The number of aliphatic hydroxyl groups is 1. The van der Waals surface area contributed by atoms with Crippen LogP contribution in [-0.2, 0) is 6.42 Å². The lowest BCUT2D eigenvalue weighted by Gasteiger charge is -2.10. The van der Waals surface area contributed by atoms with E-state index < -0.39 is 12.8 Å². The average molecular weight is 356 g/mol. The number of alkyl halides is 3. The maximum absolute atomic E-state index is 10.5. The smallest absolute Gasteiger partial charge is 0.387 e. The minimum atomic E-state index is -4.40. The van der Waals surface area contributed by atoms with Gasteiger partial charge < -0.3 is 5.11 Å². The average Bonchev–Trinajstić information content (AvgIpc) is 2.65. The predicted molar refractivity (Wildman–Crippen MR) is 101 cm³/mol. The summed E-state index contributed by atoms with van der Waals surface area (Å²) in [6.07, 6.45) is -3.33. The first-order valence-corrected chi connectivity index (χ1v) is 8.43. The largest absolute Gasteiger partial charge is 0.411 e. The summed E-state index contributed by atoms with van der Waals surface area (Å²) in [6, 6.07) is 24.3. The second kappa shape index (κ2) is 7.34. The highest BCUT2D eigenvalue weighted by molar-refractivity contribution is 6.13. The molecule has 4 aromatic carbocycles. The molecule has 0 fully saturated rings. The van der Waals surface area contributed by atoms with Crippen LogP contribution in [0.2, 0.25) is 0 Å². The number of rotatable bonds is 1. The molecule has 0 spiro atoms. The third-order valence-electron chi connectivity index (χ3n) is 4.37. The lowest BCUT2D eigenvalue weighted by molar-refractivity contribution is -0.159. The van der Waals surface area contributed by atoms with Crippen molar-refractivity contribution in [2.45, 2.75) is 19.5 Å². The van der Waals surface area contributed by atoms with Crippen LogP contribution < -0.4 is 0 Å². The molecule has 0 saturated carbocycles. The molecule has 0 aromatic heterocycles. The molecule has 0 aliphatic rings. The van der Waals surface area contributed by atoms with Gasteiger partial charge in [-0.05, 0) is 56.4 Å². The van der Waals surface area contributed by atoms with Gasteiger partial charge in [0.05, 0.1) is 0 Å². The highest BCUT2D eigenvalue weighted by Gasteiger charge is 2.24. The molecule has 134 valence electrons. The van der Waals surface area contributed by atoms with Gasteiger partial charge in [0, 0.05) is 0 Å². The van der Waals surface area contributed by atoms with Crippen LogP contribution in [0.25, 0.3) is 32.3 Å². The fourth-order valence-corrected chi connectivity index (χ4v) is 3.17.